The predicted molar refractivity (Wildman–Crippen MR) is 79.2 cm³/mol. The summed E-state index contributed by atoms with van der Waals surface area (Å²) in [7, 11) is -3.22. The van der Waals surface area contributed by atoms with E-state index in [1.165, 1.54) is 4.31 Å². The monoisotopic (exact) mass is 325 g/mol. The van der Waals surface area contributed by atoms with Crippen molar-refractivity contribution in [1.82, 2.24) is 14.2 Å². The molecule has 9 heteroatoms. The second kappa shape index (κ2) is 5.25. The maximum absolute atomic E-state index is 12.4. The van der Waals surface area contributed by atoms with Gasteiger partial charge in [0.2, 0.25) is 10.0 Å². The lowest BCUT2D eigenvalue weighted by Crippen LogP contribution is -2.50. The second-order valence-electron chi connectivity index (χ2n) is 5.18. The van der Waals surface area contributed by atoms with Gasteiger partial charge < -0.3 is 9.32 Å². The molecule has 2 aromatic rings. The number of piperazine rings is 1. The number of fused-ring (bicyclic) bond motifs is 1. The third kappa shape index (κ3) is 2.77. The fraction of sp³-hybridized carbons (Fsp3) is 0.385. The number of carbonyl (C=O) groups is 1. The SMILES string of the molecule is CS(=O)(=O)N1CCN(C(=O)c2ccc3oc(=O)[nH]c3c2)CC1. The summed E-state index contributed by atoms with van der Waals surface area (Å²) in [4.78, 5) is 27.7. The number of nitrogens with zero attached hydrogens (tertiary/aromatic N) is 2. The van der Waals surface area contributed by atoms with Crippen LogP contribution in [0.5, 0.6) is 0 Å². The minimum Gasteiger partial charge on any atom is -0.408 e. The van der Waals surface area contributed by atoms with Crippen molar-refractivity contribution in [3.8, 4) is 0 Å². The van der Waals surface area contributed by atoms with Crippen molar-refractivity contribution in [2.45, 2.75) is 0 Å². The molecule has 22 heavy (non-hydrogen) atoms. The van der Waals surface area contributed by atoms with Crippen LogP contribution in [-0.2, 0) is 10.0 Å². The molecule has 0 radical (unpaired) electrons. The lowest BCUT2D eigenvalue weighted by molar-refractivity contribution is 0.0698. The fourth-order valence-electron chi connectivity index (χ4n) is 2.49. The molecule has 1 aliphatic rings. The number of oxazole rings is 1. The van der Waals surface area contributed by atoms with Crippen LogP contribution in [0.25, 0.3) is 11.1 Å². The first-order chi connectivity index (χ1) is 10.3. The zero-order chi connectivity index (χ0) is 15.9. The zero-order valence-electron chi connectivity index (χ0n) is 11.9. The van der Waals surface area contributed by atoms with Gasteiger partial charge in [-0.3, -0.25) is 9.78 Å². The van der Waals surface area contributed by atoms with Gasteiger partial charge in [-0.05, 0) is 18.2 Å². The number of benzene rings is 1. The molecule has 1 aliphatic heterocycles. The summed E-state index contributed by atoms with van der Waals surface area (Å²) in [5.74, 6) is -0.765. The van der Waals surface area contributed by atoms with Crippen molar-refractivity contribution >= 4 is 27.0 Å². The smallest absolute Gasteiger partial charge is 0.408 e. The van der Waals surface area contributed by atoms with Gasteiger partial charge in [0.1, 0.15) is 0 Å². The summed E-state index contributed by atoms with van der Waals surface area (Å²) in [6.45, 7) is 1.25. The number of hydrogen-bond acceptors (Lipinski definition) is 5. The van der Waals surface area contributed by atoms with Crippen LogP contribution < -0.4 is 5.76 Å². The molecule has 8 nitrogen and oxygen atoms in total. The van der Waals surface area contributed by atoms with E-state index in [2.05, 4.69) is 4.98 Å². The first kappa shape index (κ1) is 14.8. The number of rotatable bonds is 2. The lowest BCUT2D eigenvalue weighted by atomic mass is 10.1. The molecule has 1 N–H and O–H groups in total. The molecule has 0 saturated carbocycles. The van der Waals surface area contributed by atoms with Crippen molar-refractivity contribution in [2.24, 2.45) is 0 Å². The number of H-pyrrole nitrogens is 1. The molecular weight excluding hydrogens is 310 g/mol. The highest BCUT2D eigenvalue weighted by Gasteiger charge is 2.26. The summed E-state index contributed by atoms with van der Waals surface area (Å²) < 4.78 is 29.2. The van der Waals surface area contributed by atoms with Crippen LogP contribution >= 0.6 is 0 Å². The Morgan fingerprint density at radius 3 is 2.55 bits per heavy atom. The Labute approximate surface area is 126 Å². The van der Waals surface area contributed by atoms with Crippen molar-refractivity contribution in [3.05, 3.63) is 34.3 Å². The minimum absolute atomic E-state index is 0.197. The Balaban J connectivity index is 1.77. The summed E-state index contributed by atoms with van der Waals surface area (Å²) in [6, 6.07) is 4.71. The van der Waals surface area contributed by atoms with Crippen LogP contribution in [0.4, 0.5) is 0 Å². The third-order valence-corrected chi connectivity index (χ3v) is 4.96. The Kier molecular flexibility index (Phi) is 3.53. The van der Waals surface area contributed by atoms with E-state index in [0.717, 1.165) is 6.26 Å². The molecular formula is C13H15N3O5S. The molecule has 1 fully saturated rings. The number of nitrogens with one attached hydrogen (secondary N) is 1. The standard InChI is InChI=1S/C13H15N3O5S/c1-22(19,20)16-6-4-15(5-7-16)12(17)9-2-3-11-10(8-9)14-13(18)21-11/h2-3,8H,4-7H2,1H3,(H,14,18). The quantitative estimate of drug-likeness (QED) is 0.826. The fourth-order valence-corrected chi connectivity index (χ4v) is 3.32. The first-order valence-corrected chi connectivity index (χ1v) is 8.57. The van der Waals surface area contributed by atoms with Crippen LogP contribution in [0.15, 0.2) is 27.4 Å². The number of carbonyl (C=O) groups excluding carboxylic acids is 1. The van der Waals surface area contributed by atoms with Crippen LogP contribution in [0.2, 0.25) is 0 Å². The number of aromatic nitrogens is 1. The van der Waals surface area contributed by atoms with Crippen LogP contribution in [0.1, 0.15) is 10.4 Å². The van der Waals surface area contributed by atoms with E-state index in [-0.39, 0.29) is 19.0 Å². The van der Waals surface area contributed by atoms with Crippen molar-refractivity contribution < 1.29 is 17.6 Å². The first-order valence-electron chi connectivity index (χ1n) is 6.72. The summed E-state index contributed by atoms with van der Waals surface area (Å²) in [5.41, 5.74) is 1.28. The predicted octanol–water partition coefficient (Wildman–Crippen LogP) is -0.161. The van der Waals surface area contributed by atoms with Gasteiger partial charge in [0, 0.05) is 31.7 Å². The lowest BCUT2D eigenvalue weighted by Gasteiger charge is -2.33. The largest absolute Gasteiger partial charge is 0.417 e. The number of sulfonamides is 1. The molecule has 0 bridgehead atoms. The Morgan fingerprint density at radius 1 is 1.23 bits per heavy atom. The van der Waals surface area contributed by atoms with E-state index in [1.54, 1.807) is 23.1 Å². The van der Waals surface area contributed by atoms with Crippen molar-refractivity contribution in [2.75, 3.05) is 32.4 Å². The van der Waals surface area contributed by atoms with Crippen LogP contribution in [-0.4, -0.2) is 60.9 Å². The van der Waals surface area contributed by atoms with E-state index in [1.807, 2.05) is 0 Å². The topological polar surface area (TPSA) is 104 Å². The van der Waals surface area contributed by atoms with Gasteiger partial charge in [0.25, 0.3) is 5.91 Å². The van der Waals surface area contributed by atoms with E-state index in [9.17, 15) is 18.0 Å². The van der Waals surface area contributed by atoms with Gasteiger partial charge >= 0.3 is 5.76 Å². The Bertz CT molecular complexity index is 874. The maximum atomic E-state index is 12.4. The van der Waals surface area contributed by atoms with Gasteiger partial charge in [0.15, 0.2) is 5.58 Å². The molecule has 1 aromatic carbocycles. The third-order valence-electron chi connectivity index (χ3n) is 3.66. The van der Waals surface area contributed by atoms with Crippen molar-refractivity contribution in [1.29, 1.82) is 0 Å². The molecule has 1 saturated heterocycles. The highest BCUT2D eigenvalue weighted by atomic mass is 32.2. The molecule has 0 spiro atoms. The highest BCUT2D eigenvalue weighted by molar-refractivity contribution is 7.88. The van der Waals surface area contributed by atoms with Gasteiger partial charge in [0.05, 0.1) is 11.8 Å². The van der Waals surface area contributed by atoms with E-state index < -0.39 is 15.8 Å². The maximum Gasteiger partial charge on any atom is 0.417 e. The zero-order valence-corrected chi connectivity index (χ0v) is 12.7. The summed E-state index contributed by atoms with van der Waals surface area (Å²) in [5, 5.41) is 0. The number of hydrogen-bond donors (Lipinski definition) is 1. The highest BCUT2D eigenvalue weighted by Crippen LogP contribution is 2.15. The summed E-state index contributed by atoms with van der Waals surface area (Å²) >= 11 is 0. The molecule has 0 aliphatic carbocycles. The Morgan fingerprint density at radius 2 is 1.91 bits per heavy atom. The van der Waals surface area contributed by atoms with Gasteiger partial charge in [-0.1, -0.05) is 0 Å². The number of amides is 1. The molecule has 2 heterocycles. The average molecular weight is 325 g/mol. The molecule has 118 valence electrons. The summed E-state index contributed by atoms with van der Waals surface area (Å²) in [6.07, 6.45) is 1.16. The molecule has 1 amide bonds. The minimum atomic E-state index is -3.22. The molecule has 3 rings (SSSR count). The van der Waals surface area contributed by atoms with Gasteiger partial charge in [-0.2, -0.15) is 4.31 Å². The van der Waals surface area contributed by atoms with E-state index in [4.69, 9.17) is 4.42 Å². The van der Waals surface area contributed by atoms with E-state index >= 15 is 0 Å². The van der Waals surface area contributed by atoms with Gasteiger partial charge in [-0.15, -0.1) is 0 Å². The average Bonchev–Trinajstić information content (AvgIpc) is 2.84. The van der Waals surface area contributed by atoms with E-state index in [0.29, 0.717) is 29.8 Å². The molecule has 1 aromatic heterocycles. The molecule has 0 unspecified atom stereocenters. The second-order valence-corrected chi connectivity index (χ2v) is 7.16. The number of aromatic amines is 1. The van der Waals surface area contributed by atoms with Crippen LogP contribution in [0.3, 0.4) is 0 Å². The van der Waals surface area contributed by atoms with Crippen LogP contribution in [0, 0.1) is 0 Å². The van der Waals surface area contributed by atoms with Crippen molar-refractivity contribution in [3.63, 3.8) is 0 Å². The normalized spacial score (nSPS) is 17.0. The molecule has 0 atom stereocenters. The van der Waals surface area contributed by atoms with Gasteiger partial charge in [-0.25, -0.2) is 13.2 Å². The Hall–Kier alpha value is -2.13.